The Bertz CT molecular complexity index is 642. The Morgan fingerprint density at radius 2 is 2.35 bits per heavy atom. The van der Waals surface area contributed by atoms with E-state index in [-0.39, 0.29) is 18.8 Å². The van der Waals surface area contributed by atoms with Gasteiger partial charge in [0.1, 0.15) is 12.3 Å². The van der Waals surface area contributed by atoms with Gasteiger partial charge in [0.2, 0.25) is 0 Å². The molecule has 0 aliphatic rings. The van der Waals surface area contributed by atoms with E-state index in [1.54, 1.807) is 17.6 Å². The Kier molecular flexibility index (Phi) is 4.43. The van der Waals surface area contributed by atoms with Gasteiger partial charge in [-0.3, -0.25) is 10.1 Å². The molecule has 106 valence electrons. The second-order valence-electron chi connectivity index (χ2n) is 3.79. The molecule has 1 heterocycles. The highest BCUT2D eigenvalue weighted by atomic mass is 32.1. The first-order valence-corrected chi connectivity index (χ1v) is 6.51. The van der Waals surface area contributed by atoms with Crippen LogP contribution in [-0.4, -0.2) is 40.7 Å². The van der Waals surface area contributed by atoms with E-state index in [0.717, 1.165) is 4.70 Å². The zero-order chi connectivity index (χ0) is 14.5. The predicted molar refractivity (Wildman–Crippen MR) is 73.2 cm³/mol. The van der Waals surface area contributed by atoms with Gasteiger partial charge in [0, 0.05) is 6.54 Å². The number of benzene rings is 1. The van der Waals surface area contributed by atoms with Gasteiger partial charge in [-0.2, -0.15) is 0 Å². The molecule has 8 nitrogen and oxygen atoms in total. The molecule has 0 unspecified atom stereocenters. The molecule has 0 aliphatic carbocycles. The van der Waals surface area contributed by atoms with E-state index in [2.05, 4.69) is 10.3 Å². The number of carboxylic acid groups (broad SMARTS) is 1. The molecule has 0 saturated heterocycles. The Hall–Kier alpha value is -2.26. The summed E-state index contributed by atoms with van der Waals surface area (Å²) in [7, 11) is 0. The molecule has 0 fully saturated rings. The molecular weight excluding hydrogens is 286 g/mol. The Morgan fingerprint density at radius 1 is 1.55 bits per heavy atom. The number of carbonyl (C=O) groups is 1. The minimum Gasteiger partial charge on any atom is -0.480 e. The Labute approximate surface area is 117 Å². The number of anilines is 1. The summed E-state index contributed by atoms with van der Waals surface area (Å²) in [4.78, 5) is 24.9. The number of aromatic nitrogens is 1. The molecule has 0 bridgehead atoms. The number of carboxylic acids is 1. The van der Waals surface area contributed by atoms with Crippen LogP contribution < -0.4 is 5.32 Å². The Balaban J connectivity index is 2.07. The van der Waals surface area contributed by atoms with Crippen LogP contribution in [0.1, 0.15) is 0 Å². The maximum Gasteiger partial charge on any atom is 0.329 e. The zero-order valence-electron chi connectivity index (χ0n) is 10.2. The SMILES string of the molecule is O=C(O)COCCNc1ccc2scnc2c1[N+](=O)[O-]. The van der Waals surface area contributed by atoms with Gasteiger partial charge in [-0.15, -0.1) is 11.3 Å². The van der Waals surface area contributed by atoms with E-state index in [1.165, 1.54) is 11.3 Å². The first kappa shape index (κ1) is 14.2. The van der Waals surface area contributed by atoms with E-state index >= 15 is 0 Å². The summed E-state index contributed by atoms with van der Waals surface area (Å²) in [6.07, 6.45) is 0. The fourth-order valence-electron chi connectivity index (χ4n) is 1.66. The molecule has 0 saturated carbocycles. The third kappa shape index (κ3) is 3.19. The number of nitro groups is 1. The van der Waals surface area contributed by atoms with Crippen LogP contribution in [0.15, 0.2) is 17.6 Å². The number of hydrogen-bond donors (Lipinski definition) is 2. The average molecular weight is 297 g/mol. The van der Waals surface area contributed by atoms with Gasteiger partial charge < -0.3 is 15.2 Å². The molecular formula is C11H11N3O5S. The zero-order valence-corrected chi connectivity index (χ0v) is 11.1. The quantitative estimate of drug-likeness (QED) is 0.454. The van der Waals surface area contributed by atoms with Gasteiger partial charge in [0.05, 0.1) is 21.7 Å². The van der Waals surface area contributed by atoms with Crippen molar-refractivity contribution >= 4 is 38.9 Å². The van der Waals surface area contributed by atoms with Crippen molar-refractivity contribution in [1.82, 2.24) is 4.98 Å². The lowest BCUT2D eigenvalue weighted by atomic mass is 10.2. The van der Waals surface area contributed by atoms with E-state index in [1.807, 2.05) is 0 Å². The highest BCUT2D eigenvalue weighted by molar-refractivity contribution is 7.16. The summed E-state index contributed by atoms with van der Waals surface area (Å²) in [5.41, 5.74) is 2.16. The maximum absolute atomic E-state index is 11.1. The van der Waals surface area contributed by atoms with Crippen LogP contribution >= 0.6 is 11.3 Å². The van der Waals surface area contributed by atoms with Crippen LogP contribution in [0.25, 0.3) is 10.2 Å². The van der Waals surface area contributed by atoms with E-state index < -0.39 is 17.5 Å². The summed E-state index contributed by atoms with van der Waals surface area (Å²) in [5.74, 6) is -1.06. The molecule has 0 radical (unpaired) electrons. The van der Waals surface area contributed by atoms with Crippen molar-refractivity contribution in [3.05, 3.63) is 27.8 Å². The largest absolute Gasteiger partial charge is 0.480 e. The molecule has 0 aliphatic heterocycles. The molecule has 9 heteroatoms. The van der Waals surface area contributed by atoms with Gasteiger partial charge >= 0.3 is 11.7 Å². The molecule has 2 rings (SSSR count). The van der Waals surface area contributed by atoms with Crippen LogP contribution in [-0.2, 0) is 9.53 Å². The Morgan fingerprint density at radius 3 is 3.05 bits per heavy atom. The van der Waals surface area contributed by atoms with E-state index in [0.29, 0.717) is 11.2 Å². The molecule has 1 aromatic carbocycles. The molecule has 0 amide bonds. The second-order valence-corrected chi connectivity index (χ2v) is 4.68. The maximum atomic E-state index is 11.1. The lowest BCUT2D eigenvalue weighted by Gasteiger charge is -2.07. The van der Waals surface area contributed by atoms with E-state index in [4.69, 9.17) is 9.84 Å². The van der Waals surface area contributed by atoms with Crippen molar-refractivity contribution in [2.24, 2.45) is 0 Å². The van der Waals surface area contributed by atoms with Crippen LogP contribution in [0.4, 0.5) is 11.4 Å². The summed E-state index contributed by atoms with van der Waals surface area (Å²) < 4.78 is 5.58. The van der Waals surface area contributed by atoms with Crippen molar-refractivity contribution in [2.75, 3.05) is 25.1 Å². The minimum atomic E-state index is -1.06. The number of nitrogens with one attached hydrogen (secondary N) is 1. The lowest BCUT2D eigenvalue weighted by molar-refractivity contribution is -0.382. The van der Waals surface area contributed by atoms with Crippen molar-refractivity contribution in [2.45, 2.75) is 0 Å². The topological polar surface area (TPSA) is 115 Å². The second kappa shape index (κ2) is 6.26. The normalized spacial score (nSPS) is 10.6. The number of nitro benzene ring substituents is 1. The molecule has 2 aromatic rings. The van der Waals surface area contributed by atoms with Crippen LogP contribution in [0.2, 0.25) is 0 Å². The molecule has 1 aromatic heterocycles. The third-order valence-electron chi connectivity index (χ3n) is 2.45. The molecule has 0 atom stereocenters. The van der Waals surface area contributed by atoms with Crippen LogP contribution in [0.3, 0.4) is 0 Å². The molecule has 20 heavy (non-hydrogen) atoms. The standard InChI is InChI=1S/C11H11N3O5S/c15-9(16)5-19-4-3-12-7-1-2-8-10(13-6-20-8)11(7)14(17)18/h1-2,6,12H,3-5H2,(H,15,16). The average Bonchev–Trinajstić information content (AvgIpc) is 2.85. The lowest BCUT2D eigenvalue weighted by Crippen LogP contribution is -2.14. The number of aliphatic carboxylic acids is 1. The fourth-order valence-corrected chi connectivity index (χ4v) is 2.34. The van der Waals surface area contributed by atoms with Crippen LogP contribution in [0, 0.1) is 10.1 Å². The molecule has 0 spiro atoms. The summed E-state index contributed by atoms with van der Waals surface area (Å²) in [5, 5.41) is 22.4. The summed E-state index contributed by atoms with van der Waals surface area (Å²) in [6, 6.07) is 3.36. The van der Waals surface area contributed by atoms with Crippen molar-refractivity contribution in [1.29, 1.82) is 0 Å². The highest BCUT2D eigenvalue weighted by Gasteiger charge is 2.20. The van der Waals surface area contributed by atoms with Gasteiger partial charge in [-0.05, 0) is 12.1 Å². The number of hydrogen-bond acceptors (Lipinski definition) is 7. The number of thiazole rings is 1. The van der Waals surface area contributed by atoms with Crippen molar-refractivity contribution in [3.8, 4) is 0 Å². The first-order chi connectivity index (χ1) is 9.59. The molecule has 2 N–H and O–H groups in total. The summed E-state index contributed by atoms with van der Waals surface area (Å²) >= 11 is 1.33. The van der Waals surface area contributed by atoms with E-state index in [9.17, 15) is 14.9 Å². The third-order valence-corrected chi connectivity index (χ3v) is 3.24. The minimum absolute atomic E-state index is 0.0815. The van der Waals surface area contributed by atoms with Crippen LogP contribution in [0.5, 0.6) is 0 Å². The van der Waals surface area contributed by atoms with Gasteiger partial charge in [0.25, 0.3) is 0 Å². The van der Waals surface area contributed by atoms with Crippen molar-refractivity contribution < 1.29 is 19.6 Å². The number of fused-ring (bicyclic) bond motifs is 1. The summed E-state index contributed by atoms with van der Waals surface area (Å²) in [6.45, 7) is 0.0111. The fraction of sp³-hybridized carbons (Fsp3) is 0.273. The number of rotatable bonds is 7. The predicted octanol–water partition coefficient (Wildman–Crippen LogP) is 1.72. The highest BCUT2D eigenvalue weighted by Crippen LogP contribution is 2.34. The first-order valence-electron chi connectivity index (χ1n) is 5.63. The van der Waals surface area contributed by atoms with Gasteiger partial charge in [-0.1, -0.05) is 0 Å². The smallest absolute Gasteiger partial charge is 0.329 e. The van der Waals surface area contributed by atoms with Crippen molar-refractivity contribution in [3.63, 3.8) is 0 Å². The monoisotopic (exact) mass is 297 g/mol. The van der Waals surface area contributed by atoms with Gasteiger partial charge in [0.15, 0.2) is 5.52 Å². The number of nitrogens with zero attached hydrogens (tertiary/aromatic N) is 2. The van der Waals surface area contributed by atoms with Gasteiger partial charge in [-0.25, -0.2) is 9.78 Å². The number of ether oxygens (including phenoxy) is 1.